The third kappa shape index (κ3) is 3.39. The van der Waals surface area contributed by atoms with E-state index in [9.17, 15) is 14.0 Å². The Bertz CT molecular complexity index is 1270. The first-order valence-electron chi connectivity index (χ1n) is 11.4. The average molecular weight is 444 g/mol. The zero-order chi connectivity index (χ0) is 23.3. The molecule has 4 atom stereocenters. The maximum atomic E-state index is 14.9. The lowest BCUT2D eigenvalue weighted by atomic mass is 9.54. The number of Topliss-reactive ketones (excluding diaryl/α,β-unsaturated/α-hetero) is 1. The maximum Gasteiger partial charge on any atom is 0.160 e. The maximum absolute atomic E-state index is 14.9. The van der Waals surface area contributed by atoms with Crippen LogP contribution in [0, 0.1) is 30.5 Å². The zero-order valence-corrected chi connectivity index (χ0v) is 19.0. The van der Waals surface area contributed by atoms with Gasteiger partial charge in [-0.2, -0.15) is 0 Å². The lowest BCUT2D eigenvalue weighted by Gasteiger charge is -2.49. The quantitative estimate of drug-likeness (QED) is 0.425. The first-order valence-corrected chi connectivity index (χ1v) is 11.4. The van der Waals surface area contributed by atoms with Crippen LogP contribution in [-0.4, -0.2) is 27.0 Å². The number of rotatable bonds is 3. The zero-order valence-electron chi connectivity index (χ0n) is 19.0. The van der Waals surface area contributed by atoms with Crippen molar-refractivity contribution in [2.45, 2.75) is 45.4 Å². The summed E-state index contributed by atoms with van der Waals surface area (Å²) in [5, 5.41) is 0. The minimum Gasteiger partial charge on any atom is -0.303 e. The predicted molar refractivity (Wildman–Crippen MR) is 123 cm³/mol. The van der Waals surface area contributed by atoms with Crippen molar-refractivity contribution < 1.29 is 14.0 Å². The number of halogens is 1. The SMILES string of the molecule is Cc1cc(-c2nc(-c3ccccc3F)c3c(n2)[C@]2(C)CC(C=O)C(=O)[C@H](C)[C@H]2CC3)ccn1. The van der Waals surface area contributed by atoms with Gasteiger partial charge in [-0.25, -0.2) is 14.4 Å². The Labute approximate surface area is 192 Å². The summed E-state index contributed by atoms with van der Waals surface area (Å²) in [5.74, 6) is -0.614. The molecule has 0 radical (unpaired) electrons. The normalized spacial score (nSPS) is 26.4. The minimum atomic E-state index is -0.648. The molecule has 0 saturated heterocycles. The van der Waals surface area contributed by atoms with Crippen molar-refractivity contribution in [3.05, 3.63) is 65.4 Å². The van der Waals surface area contributed by atoms with Crippen LogP contribution in [0.5, 0.6) is 0 Å². The van der Waals surface area contributed by atoms with Crippen LogP contribution in [0.25, 0.3) is 22.6 Å². The molecule has 5 nitrogen and oxygen atoms in total. The number of aldehydes is 1. The highest BCUT2D eigenvalue weighted by molar-refractivity contribution is 5.96. The summed E-state index contributed by atoms with van der Waals surface area (Å²) in [4.78, 5) is 38.8. The molecule has 2 heterocycles. The van der Waals surface area contributed by atoms with Gasteiger partial charge in [0.25, 0.3) is 0 Å². The fraction of sp³-hybridized carbons (Fsp3) is 0.370. The molecule has 6 heteroatoms. The molecule has 2 aliphatic rings. The summed E-state index contributed by atoms with van der Waals surface area (Å²) in [6, 6.07) is 10.4. The van der Waals surface area contributed by atoms with Gasteiger partial charge in [-0.05, 0) is 56.4 Å². The van der Waals surface area contributed by atoms with E-state index in [4.69, 9.17) is 9.97 Å². The van der Waals surface area contributed by atoms with Gasteiger partial charge in [0.1, 0.15) is 17.9 Å². The fourth-order valence-electron chi connectivity index (χ4n) is 5.94. The monoisotopic (exact) mass is 443 g/mol. The fourth-order valence-corrected chi connectivity index (χ4v) is 5.94. The van der Waals surface area contributed by atoms with E-state index in [-0.39, 0.29) is 23.4 Å². The van der Waals surface area contributed by atoms with Crippen LogP contribution in [0.2, 0.25) is 0 Å². The number of benzene rings is 1. The van der Waals surface area contributed by atoms with Gasteiger partial charge in [0.15, 0.2) is 5.82 Å². The average Bonchev–Trinajstić information content (AvgIpc) is 2.81. The summed E-state index contributed by atoms with van der Waals surface area (Å²) in [7, 11) is 0. The summed E-state index contributed by atoms with van der Waals surface area (Å²) < 4.78 is 14.9. The second kappa shape index (κ2) is 7.94. The summed E-state index contributed by atoms with van der Waals surface area (Å²) >= 11 is 0. The van der Waals surface area contributed by atoms with Gasteiger partial charge in [-0.15, -0.1) is 0 Å². The number of hydrogen-bond acceptors (Lipinski definition) is 5. The summed E-state index contributed by atoms with van der Waals surface area (Å²) in [6.45, 7) is 5.94. The van der Waals surface area contributed by atoms with E-state index in [1.54, 1.807) is 24.4 Å². The van der Waals surface area contributed by atoms with Crippen molar-refractivity contribution in [2.75, 3.05) is 0 Å². The Kier molecular flexibility index (Phi) is 5.19. The molecule has 1 aromatic carbocycles. The molecule has 0 aliphatic heterocycles. The number of aryl methyl sites for hydroxylation is 1. The van der Waals surface area contributed by atoms with E-state index < -0.39 is 11.3 Å². The Morgan fingerprint density at radius 3 is 2.70 bits per heavy atom. The first kappa shape index (κ1) is 21.6. The van der Waals surface area contributed by atoms with E-state index in [1.807, 2.05) is 26.0 Å². The van der Waals surface area contributed by atoms with Crippen LogP contribution in [0.1, 0.15) is 43.6 Å². The van der Waals surface area contributed by atoms with Gasteiger partial charge in [0, 0.05) is 39.9 Å². The Morgan fingerprint density at radius 1 is 1.18 bits per heavy atom. The van der Waals surface area contributed by atoms with Crippen LogP contribution in [0.15, 0.2) is 42.6 Å². The van der Waals surface area contributed by atoms with Crippen LogP contribution < -0.4 is 0 Å². The van der Waals surface area contributed by atoms with E-state index in [0.717, 1.165) is 35.2 Å². The highest BCUT2D eigenvalue weighted by atomic mass is 19.1. The summed E-state index contributed by atoms with van der Waals surface area (Å²) in [6.07, 6.45) is 4.35. The Balaban J connectivity index is 1.79. The number of fused-ring (bicyclic) bond motifs is 3. The van der Waals surface area contributed by atoms with Gasteiger partial charge < -0.3 is 4.79 Å². The molecule has 168 valence electrons. The molecule has 2 aliphatic carbocycles. The highest BCUT2D eigenvalue weighted by Crippen LogP contribution is 2.53. The van der Waals surface area contributed by atoms with E-state index in [1.165, 1.54) is 6.07 Å². The number of pyridine rings is 1. The largest absolute Gasteiger partial charge is 0.303 e. The van der Waals surface area contributed by atoms with Gasteiger partial charge >= 0.3 is 0 Å². The van der Waals surface area contributed by atoms with Crippen molar-refractivity contribution in [2.24, 2.45) is 17.8 Å². The third-order valence-electron chi connectivity index (χ3n) is 7.58. The number of aromatic nitrogens is 3. The van der Waals surface area contributed by atoms with Gasteiger partial charge in [0.05, 0.1) is 17.3 Å². The van der Waals surface area contributed by atoms with Crippen molar-refractivity contribution in [1.29, 1.82) is 0 Å². The number of ketones is 1. The van der Waals surface area contributed by atoms with Crippen molar-refractivity contribution in [3.63, 3.8) is 0 Å². The van der Waals surface area contributed by atoms with Crippen LogP contribution in [0.4, 0.5) is 4.39 Å². The topological polar surface area (TPSA) is 72.8 Å². The minimum absolute atomic E-state index is 0.0179. The third-order valence-corrected chi connectivity index (χ3v) is 7.58. The van der Waals surface area contributed by atoms with E-state index in [2.05, 4.69) is 11.9 Å². The van der Waals surface area contributed by atoms with Crippen LogP contribution in [-0.2, 0) is 21.4 Å². The number of nitrogens with zero attached hydrogens (tertiary/aromatic N) is 3. The van der Waals surface area contributed by atoms with E-state index >= 15 is 0 Å². The molecule has 0 bridgehead atoms. The molecule has 0 N–H and O–H groups in total. The summed E-state index contributed by atoms with van der Waals surface area (Å²) in [5.41, 5.74) is 3.95. The Morgan fingerprint density at radius 2 is 1.97 bits per heavy atom. The number of carbonyl (C=O) groups is 2. The van der Waals surface area contributed by atoms with Crippen LogP contribution >= 0.6 is 0 Å². The molecule has 0 amide bonds. The molecule has 33 heavy (non-hydrogen) atoms. The molecular formula is C27H26FN3O2. The van der Waals surface area contributed by atoms with Crippen molar-refractivity contribution in [1.82, 2.24) is 15.0 Å². The predicted octanol–water partition coefficient (Wildman–Crippen LogP) is 4.90. The van der Waals surface area contributed by atoms with E-state index in [0.29, 0.717) is 29.9 Å². The van der Waals surface area contributed by atoms with Gasteiger partial charge in [-0.3, -0.25) is 9.78 Å². The van der Waals surface area contributed by atoms with Crippen molar-refractivity contribution in [3.8, 4) is 22.6 Å². The number of carbonyl (C=O) groups excluding carboxylic acids is 2. The molecule has 5 rings (SSSR count). The second-order valence-corrected chi connectivity index (χ2v) is 9.59. The highest BCUT2D eigenvalue weighted by Gasteiger charge is 2.53. The molecule has 3 aromatic rings. The standard InChI is InChI=1S/C27H26FN3O2/c1-15-12-17(10-11-29-15)26-30-23(19-6-4-5-7-22(19)28)20-8-9-21-16(2)24(33)18(14-32)13-27(21,3)25(20)31-26/h4-7,10-12,14,16,18,21H,8-9,13H2,1-3H3/t16-,18?,21-,27-/m1/s1. The lowest BCUT2D eigenvalue weighted by molar-refractivity contribution is -0.137. The molecule has 2 aromatic heterocycles. The lowest BCUT2D eigenvalue weighted by Crippen LogP contribution is -2.51. The number of hydrogen-bond donors (Lipinski definition) is 0. The van der Waals surface area contributed by atoms with Gasteiger partial charge in [-0.1, -0.05) is 26.0 Å². The molecule has 1 saturated carbocycles. The Hall–Kier alpha value is -3.28. The smallest absolute Gasteiger partial charge is 0.160 e. The first-order chi connectivity index (χ1) is 15.8. The van der Waals surface area contributed by atoms with Crippen LogP contribution in [0.3, 0.4) is 0 Å². The molecule has 1 unspecified atom stereocenters. The molecular weight excluding hydrogens is 417 g/mol. The van der Waals surface area contributed by atoms with Gasteiger partial charge in [0.2, 0.25) is 0 Å². The molecule has 0 spiro atoms. The second-order valence-electron chi connectivity index (χ2n) is 9.59. The molecule has 1 fully saturated rings. The van der Waals surface area contributed by atoms with Crippen molar-refractivity contribution >= 4 is 12.1 Å².